The molecule has 1 aliphatic heterocycles. The Bertz CT molecular complexity index is 571. The predicted octanol–water partition coefficient (Wildman–Crippen LogP) is 1.71. The van der Waals surface area contributed by atoms with Gasteiger partial charge in [-0.1, -0.05) is 0 Å². The fraction of sp³-hybridized carbons (Fsp3) is 0.455. The summed E-state index contributed by atoms with van der Waals surface area (Å²) in [6.07, 6.45) is 0.663. The molecular weight excluding hydrogens is 342 g/mol. The highest BCUT2D eigenvalue weighted by molar-refractivity contribution is 9.10. The predicted molar refractivity (Wildman–Crippen MR) is 70.3 cm³/mol. The Labute approximate surface area is 119 Å². The molecule has 1 aliphatic rings. The quantitative estimate of drug-likeness (QED) is 0.898. The van der Waals surface area contributed by atoms with Crippen molar-refractivity contribution in [2.45, 2.75) is 17.4 Å². The van der Waals surface area contributed by atoms with Gasteiger partial charge in [0.1, 0.15) is 16.5 Å². The van der Waals surface area contributed by atoms with E-state index < -0.39 is 26.6 Å². The summed E-state index contributed by atoms with van der Waals surface area (Å²) in [5.41, 5.74) is 0. The molecule has 1 saturated heterocycles. The zero-order valence-corrected chi connectivity index (χ0v) is 12.6. The minimum absolute atomic E-state index is 0.121. The first-order valence-corrected chi connectivity index (χ1v) is 7.92. The van der Waals surface area contributed by atoms with E-state index in [2.05, 4.69) is 20.7 Å². The highest BCUT2D eigenvalue weighted by Gasteiger charge is 2.29. The number of likely N-dealkylation sites (tertiary alicyclic amines) is 1. The van der Waals surface area contributed by atoms with Crippen LogP contribution in [-0.2, 0) is 10.0 Å². The minimum Gasteiger partial charge on any atom is -0.305 e. The van der Waals surface area contributed by atoms with E-state index in [-0.39, 0.29) is 10.5 Å². The zero-order chi connectivity index (χ0) is 14.2. The number of nitrogens with one attached hydrogen (secondary N) is 1. The van der Waals surface area contributed by atoms with Crippen LogP contribution in [0.25, 0.3) is 0 Å². The molecule has 0 aromatic heterocycles. The van der Waals surface area contributed by atoms with Gasteiger partial charge < -0.3 is 4.90 Å². The molecule has 1 N–H and O–H groups in total. The van der Waals surface area contributed by atoms with Crippen LogP contribution in [0.1, 0.15) is 6.42 Å². The average molecular weight is 355 g/mol. The Morgan fingerprint density at radius 1 is 1.42 bits per heavy atom. The molecule has 0 aliphatic carbocycles. The van der Waals surface area contributed by atoms with Crippen LogP contribution in [0.2, 0.25) is 0 Å². The molecule has 8 heteroatoms. The molecule has 0 radical (unpaired) electrons. The Morgan fingerprint density at radius 3 is 2.63 bits per heavy atom. The first-order chi connectivity index (χ1) is 8.79. The largest absolute Gasteiger partial charge is 0.305 e. The van der Waals surface area contributed by atoms with E-state index in [0.717, 1.165) is 12.6 Å². The number of nitrogens with zero attached hydrogens (tertiary/aromatic N) is 1. The molecule has 0 amide bonds. The summed E-state index contributed by atoms with van der Waals surface area (Å²) in [5, 5.41) is 0. The average Bonchev–Trinajstić information content (AvgIpc) is 2.60. The third kappa shape index (κ3) is 3.31. The molecule has 1 atom stereocenters. The first-order valence-electron chi connectivity index (χ1n) is 5.65. The lowest BCUT2D eigenvalue weighted by atomic mass is 10.3. The minimum atomic E-state index is -4.01. The second kappa shape index (κ2) is 5.43. The van der Waals surface area contributed by atoms with E-state index in [9.17, 15) is 17.2 Å². The SMILES string of the molecule is CN1CCC(NS(=O)(=O)c2c(F)cc(F)cc2Br)C1. The van der Waals surface area contributed by atoms with E-state index in [1.165, 1.54) is 0 Å². The number of hydrogen-bond donors (Lipinski definition) is 1. The highest BCUT2D eigenvalue weighted by atomic mass is 79.9. The van der Waals surface area contributed by atoms with E-state index in [4.69, 9.17) is 0 Å². The summed E-state index contributed by atoms with van der Waals surface area (Å²) in [6, 6.07) is 1.23. The molecular formula is C11H13BrF2N2O2S. The van der Waals surface area contributed by atoms with Crippen LogP contribution in [0.5, 0.6) is 0 Å². The number of likely N-dealkylation sites (N-methyl/N-ethyl adjacent to an activating group) is 1. The van der Waals surface area contributed by atoms with Crippen molar-refractivity contribution in [1.29, 1.82) is 0 Å². The Balaban J connectivity index is 2.30. The Hall–Kier alpha value is -0.570. The van der Waals surface area contributed by atoms with Crippen molar-refractivity contribution in [3.8, 4) is 0 Å². The molecule has 0 bridgehead atoms. The molecule has 0 spiro atoms. The highest BCUT2D eigenvalue weighted by Crippen LogP contribution is 2.26. The number of halogens is 3. The summed E-state index contributed by atoms with van der Waals surface area (Å²) >= 11 is 2.89. The second-order valence-electron chi connectivity index (χ2n) is 4.57. The number of benzene rings is 1. The van der Waals surface area contributed by atoms with Gasteiger partial charge in [0.2, 0.25) is 10.0 Å². The Kier molecular flexibility index (Phi) is 4.24. The summed E-state index contributed by atoms with van der Waals surface area (Å²) in [4.78, 5) is 1.42. The molecule has 4 nitrogen and oxygen atoms in total. The fourth-order valence-electron chi connectivity index (χ4n) is 2.10. The molecule has 1 aromatic carbocycles. The number of sulfonamides is 1. The van der Waals surface area contributed by atoms with Gasteiger partial charge >= 0.3 is 0 Å². The van der Waals surface area contributed by atoms with Crippen molar-refractivity contribution in [1.82, 2.24) is 9.62 Å². The molecule has 2 rings (SSSR count). The van der Waals surface area contributed by atoms with Crippen LogP contribution in [-0.4, -0.2) is 39.5 Å². The van der Waals surface area contributed by atoms with Crippen molar-refractivity contribution >= 4 is 26.0 Å². The van der Waals surface area contributed by atoms with Gasteiger partial charge in [0.25, 0.3) is 0 Å². The summed E-state index contributed by atoms with van der Waals surface area (Å²) < 4.78 is 53.2. The number of rotatable bonds is 3. The molecule has 106 valence electrons. The van der Waals surface area contributed by atoms with Crippen molar-refractivity contribution < 1.29 is 17.2 Å². The topological polar surface area (TPSA) is 49.4 Å². The van der Waals surface area contributed by atoms with E-state index in [1.807, 2.05) is 11.9 Å². The molecule has 1 aromatic rings. The summed E-state index contributed by atoms with van der Waals surface area (Å²) in [5.74, 6) is -1.94. The third-order valence-electron chi connectivity index (χ3n) is 2.94. The molecule has 0 saturated carbocycles. The van der Waals surface area contributed by atoms with Gasteiger partial charge in [0.05, 0.1) is 0 Å². The van der Waals surface area contributed by atoms with E-state index in [0.29, 0.717) is 19.0 Å². The molecule has 19 heavy (non-hydrogen) atoms. The zero-order valence-electron chi connectivity index (χ0n) is 10.2. The van der Waals surface area contributed by atoms with Crippen molar-refractivity contribution in [3.63, 3.8) is 0 Å². The first kappa shape index (κ1) is 14.8. The molecule has 1 heterocycles. The van der Waals surface area contributed by atoms with Crippen LogP contribution >= 0.6 is 15.9 Å². The Morgan fingerprint density at radius 2 is 2.11 bits per heavy atom. The fourth-order valence-corrected chi connectivity index (χ4v) is 4.52. The maximum Gasteiger partial charge on any atom is 0.244 e. The lowest BCUT2D eigenvalue weighted by Crippen LogP contribution is -2.37. The van der Waals surface area contributed by atoms with Crippen LogP contribution < -0.4 is 4.72 Å². The van der Waals surface area contributed by atoms with Crippen LogP contribution in [0.4, 0.5) is 8.78 Å². The number of hydrogen-bond acceptors (Lipinski definition) is 3. The van der Waals surface area contributed by atoms with Gasteiger partial charge in [0, 0.05) is 23.1 Å². The summed E-state index contributed by atoms with van der Waals surface area (Å²) in [6.45, 7) is 1.35. The van der Waals surface area contributed by atoms with Gasteiger partial charge in [0.15, 0.2) is 0 Å². The van der Waals surface area contributed by atoms with Gasteiger partial charge in [-0.15, -0.1) is 0 Å². The van der Waals surface area contributed by atoms with Crippen molar-refractivity contribution in [2.24, 2.45) is 0 Å². The van der Waals surface area contributed by atoms with E-state index in [1.54, 1.807) is 0 Å². The maximum absolute atomic E-state index is 13.7. The second-order valence-corrected chi connectivity index (χ2v) is 7.07. The third-order valence-corrected chi connectivity index (χ3v) is 5.43. The normalized spacial score (nSPS) is 20.9. The summed E-state index contributed by atoms with van der Waals surface area (Å²) in [7, 11) is -2.13. The monoisotopic (exact) mass is 354 g/mol. The van der Waals surface area contributed by atoms with Crippen molar-refractivity contribution in [2.75, 3.05) is 20.1 Å². The standard InChI is InChI=1S/C11H13BrF2N2O2S/c1-16-3-2-8(6-16)15-19(17,18)11-9(12)4-7(13)5-10(11)14/h4-5,8,15H,2-3,6H2,1H3. The van der Waals surface area contributed by atoms with Gasteiger partial charge in [-0.3, -0.25) is 0 Å². The molecule has 1 fully saturated rings. The molecule has 1 unspecified atom stereocenters. The van der Waals surface area contributed by atoms with Crippen LogP contribution in [0.3, 0.4) is 0 Å². The smallest absolute Gasteiger partial charge is 0.244 e. The van der Waals surface area contributed by atoms with Crippen LogP contribution in [0.15, 0.2) is 21.5 Å². The van der Waals surface area contributed by atoms with E-state index >= 15 is 0 Å². The van der Waals surface area contributed by atoms with Crippen LogP contribution in [0, 0.1) is 11.6 Å². The van der Waals surface area contributed by atoms with Gasteiger partial charge in [-0.25, -0.2) is 21.9 Å². The van der Waals surface area contributed by atoms with Crippen molar-refractivity contribution in [3.05, 3.63) is 28.2 Å². The lowest BCUT2D eigenvalue weighted by Gasteiger charge is -2.14. The maximum atomic E-state index is 13.7. The van der Waals surface area contributed by atoms with Gasteiger partial charge in [-0.2, -0.15) is 0 Å². The van der Waals surface area contributed by atoms with Gasteiger partial charge in [-0.05, 0) is 42.0 Å². The lowest BCUT2D eigenvalue weighted by molar-refractivity contribution is 0.407.